The Bertz CT molecular complexity index is 2250. The van der Waals surface area contributed by atoms with E-state index in [1.165, 1.54) is 30.3 Å². The lowest BCUT2D eigenvalue weighted by atomic mass is 9.77. The number of hydrogen-bond donors (Lipinski definition) is 1. The predicted molar refractivity (Wildman–Crippen MR) is 247 cm³/mol. The number of unbranched alkanes of at least 4 members (excludes halogenated alkanes) is 3. The largest absolute Gasteiger partial charge is 0.456 e. The SMILES string of the molecule is CC(C)N(C(C)C)P(OCCC#N)OCCCCCCNC(=O)c1c(Cl)cc2c(c1Cl)C1(OC2=O)c2cc(Cl)c(OC(=O)C(C)(C)C)cc2Oc2cc(OC(=O)C(C)(C)C)c(Cl)cc21. The maximum absolute atomic E-state index is 14.0. The smallest absolute Gasteiger partial charge is 0.340 e. The minimum absolute atomic E-state index is 0.0264. The molecule has 2 heterocycles. The number of carbonyl (C=O) groups is 4. The van der Waals surface area contributed by atoms with E-state index in [2.05, 4.69) is 43.8 Å². The summed E-state index contributed by atoms with van der Waals surface area (Å²) >= 11 is 27.5. The molecule has 0 saturated heterocycles. The lowest BCUT2D eigenvalue weighted by molar-refractivity contribution is -0.143. The van der Waals surface area contributed by atoms with Gasteiger partial charge in [-0.1, -0.05) is 59.2 Å². The van der Waals surface area contributed by atoms with Gasteiger partial charge < -0.3 is 33.3 Å². The average Bonchev–Trinajstić information content (AvgIpc) is 3.48. The first-order chi connectivity index (χ1) is 29.9. The minimum Gasteiger partial charge on any atom is -0.456 e. The predicted octanol–water partition coefficient (Wildman–Crippen LogP) is 12.4. The highest BCUT2D eigenvalue weighted by Crippen LogP contribution is 2.61. The number of benzene rings is 3. The van der Waals surface area contributed by atoms with E-state index >= 15 is 0 Å². The molecular formula is C46H54Cl4N3O10P. The molecule has 18 heteroatoms. The second kappa shape index (κ2) is 20.9. The van der Waals surface area contributed by atoms with Gasteiger partial charge in [-0.05, 0) is 100 Å². The summed E-state index contributed by atoms with van der Waals surface area (Å²) in [5.41, 5.74) is -3.45. The Morgan fingerprint density at radius 1 is 0.781 bits per heavy atom. The van der Waals surface area contributed by atoms with Crippen molar-refractivity contribution in [2.75, 3.05) is 19.8 Å². The van der Waals surface area contributed by atoms with E-state index in [0.717, 1.165) is 19.3 Å². The Morgan fingerprint density at radius 3 is 1.80 bits per heavy atom. The summed E-state index contributed by atoms with van der Waals surface area (Å²) in [7, 11) is -1.33. The van der Waals surface area contributed by atoms with Crippen LogP contribution in [0.3, 0.4) is 0 Å². The monoisotopic (exact) mass is 979 g/mol. The zero-order valence-corrected chi connectivity index (χ0v) is 41.6. The van der Waals surface area contributed by atoms with Gasteiger partial charge in [0.05, 0.1) is 67.8 Å². The number of amides is 1. The first kappa shape index (κ1) is 51.3. The van der Waals surface area contributed by atoms with Gasteiger partial charge in [0.2, 0.25) is 0 Å². The highest BCUT2D eigenvalue weighted by molar-refractivity contribution is 7.44. The number of nitrogens with zero attached hydrogens (tertiary/aromatic N) is 2. The van der Waals surface area contributed by atoms with Crippen molar-refractivity contribution in [1.82, 2.24) is 9.99 Å². The van der Waals surface area contributed by atoms with Crippen LogP contribution in [0.5, 0.6) is 23.0 Å². The highest BCUT2D eigenvalue weighted by atomic mass is 35.5. The summed E-state index contributed by atoms with van der Waals surface area (Å²) in [5, 5.41) is 11.6. The third-order valence-electron chi connectivity index (χ3n) is 10.2. The normalized spacial score (nSPS) is 14.4. The van der Waals surface area contributed by atoms with Crippen LogP contribution in [0.4, 0.5) is 0 Å². The van der Waals surface area contributed by atoms with Gasteiger partial charge in [0.15, 0.2) is 17.1 Å². The van der Waals surface area contributed by atoms with Gasteiger partial charge in [-0.25, -0.2) is 9.46 Å². The molecular weight excluding hydrogens is 927 g/mol. The van der Waals surface area contributed by atoms with Crippen LogP contribution in [0, 0.1) is 22.2 Å². The van der Waals surface area contributed by atoms with Gasteiger partial charge in [-0.2, -0.15) is 5.26 Å². The van der Waals surface area contributed by atoms with Crippen LogP contribution in [-0.2, 0) is 29.0 Å². The number of fused-ring (bicyclic) bond motifs is 6. The van der Waals surface area contributed by atoms with E-state index in [4.69, 9.17) is 79.7 Å². The fraction of sp³-hybridized carbons (Fsp3) is 0.500. The second-order valence-corrected chi connectivity index (χ2v) is 21.1. The number of halogens is 4. The molecule has 0 aromatic heterocycles. The quantitative estimate of drug-likeness (QED) is 0.0590. The van der Waals surface area contributed by atoms with E-state index in [-0.39, 0.29) is 89.4 Å². The molecule has 1 spiro atoms. The number of carbonyl (C=O) groups excluding carboxylic acids is 4. The zero-order valence-electron chi connectivity index (χ0n) is 37.6. The molecule has 1 N–H and O–H groups in total. The standard InChI is InChI=1S/C46H54Cl4N3O10P/c1-25(2)53(26(3)4)64(59-19-15-16-51)58-18-14-12-11-13-17-52-40(54)37-32(49)20-27-38(39(37)50)46(63-41(27)55)28-21-30(47)35(61-42(56)44(5,6)7)23-33(28)60-34-24-36(31(48)22-29(34)46)62-43(57)45(8,9)10/h20-26H,11-15,17-19H2,1-10H3,(H,52,54). The van der Waals surface area contributed by atoms with E-state index in [1.54, 1.807) is 41.5 Å². The van der Waals surface area contributed by atoms with Crippen LogP contribution in [0.1, 0.15) is 139 Å². The molecule has 0 bridgehead atoms. The van der Waals surface area contributed by atoms with Crippen molar-refractivity contribution in [1.29, 1.82) is 5.26 Å². The Balaban J connectivity index is 1.43. The molecule has 2 aliphatic heterocycles. The van der Waals surface area contributed by atoms with Crippen LogP contribution < -0.4 is 19.5 Å². The Hall–Kier alpha value is -3.70. The first-order valence-electron chi connectivity index (χ1n) is 21.0. The second-order valence-electron chi connectivity index (χ2n) is 18.0. The lowest BCUT2D eigenvalue weighted by Crippen LogP contribution is -2.34. The third kappa shape index (κ3) is 11.1. The van der Waals surface area contributed by atoms with E-state index in [9.17, 15) is 19.2 Å². The number of esters is 3. The van der Waals surface area contributed by atoms with Crippen molar-refractivity contribution in [3.8, 4) is 29.1 Å². The number of nitriles is 1. The number of ether oxygens (including phenoxy) is 4. The van der Waals surface area contributed by atoms with Crippen molar-refractivity contribution < 1.29 is 47.2 Å². The molecule has 13 nitrogen and oxygen atoms in total. The summed E-state index contributed by atoms with van der Waals surface area (Å²) in [4.78, 5) is 53.9. The Labute approximate surface area is 396 Å². The van der Waals surface area contributed by atoms with Crippen LogP contribution in [0.2, 0.25) is 20.1 Å². The van der Waals surface area contributed by atoms with Crippen molar-refractivity contribution in [3.63, 3.8) is 0 Å². The van der Waals surface area contributed by atoms with Gasteiger partial charge >= 0.3 is 17.9 Å². The molecule has 1 amide bonds. The summed E-state index contributed by atoms with van der Waals surface area (Å²) in [6.45, 7) is 19.5. The molecule has 1 unspecified atom stereocenters. The maximum Gasteiger partial charge on any atom is 0.340 e. The molecule has 5 rings (SSSR count). The summed E-state index contributed by atoms with van der Waals surface area (Å²) < 4.78 is 38.4. The molecule has 64 heavy (non-hydrogen) atoms. The number of nitrogens with one attached hydrogen (secondary N) is 1. The van der Waals surface area contributed by atoms with Crippen LogP contribution in [0.25, 0.3) is 0 Å². The van der Waals surface area contributed by atoms with Crippen molar-refractivity contribution in [3.05, 3.63) is 78.2 Å². The molecule has 0 fully saturated rings. The number of rotatable bonds is 17. The molecule has 1 atom stereocenters. The van der Waals surface area contributed by atoms with Gasteiger partial charge in [0.1, 0.15) is 11.5 Å². The Kier molecular flexibility index (Phi) is 16.7. The van der Waals surface area contributed by atoms with Crippen molar-refractivity contribution >= 4 is 78.7 Å². The Morgan fingerprint density at radius 2 is 1.30 bits per heavy atom. The lowest BCUT2D eigenvalue weighted by Gasteiger charge is -2.37. The molecule has 0 aliphatic carbocycles. The van der Waals surface area contributed by atoms with Gasteiger partial charge in [-0.3, -0.25) is 14.4 Å². The molecule has 3 aromatic rings. The molecule has 0 saturated carbocycles. The molecule has 2 aliphatic rings. The maximum atomic E-state index is 14.0. The van der Waals surface area contributed by atoms with Gasteiger partial charge in [-0.15, -0.1) is 0 Å². The van der Waals surface area contributed by atoms with E-state index in [0.29, 0.717) is 26.2 Å². The highest BCUT2D eigenvalue weighted by Gasteiger charge is 2.56. The van der Waals surface area contributed by atoms with Crippen LogP contribution >= 0.6 is 54.9 Å². The summed E-state index contributed by atoms with van der Waals surface area (Å²) in [5.74, 6) is -2.55. The molecule has 3 aromatic carbocycles. The van der Waals surface area contributed by atoms with Crippen molar-refractivity contribution in [2.45, 2.75) is 119 Å². The van der Waals surface area contributed by atoms with E-state index < -0.39 is 48.8 Å². The van der Waals surface area contributed by atoms with Gasteiger partial charge in [0, 0.05) is 47.5 Å². The first-order valence-corrected chi connectivity index (χ1v) is 23.6. The topological polar surface area (TPSA) is 163 Å². The van der Waals surface area contributed by atoms with Crippen LogP contribution in [-0.4, -0.2) is 60.3 Å². The average molecular weight is 982 g/mol. The summed E-state index contributed by atoms with van der Waals surface area (Å²) in [6, 6.07) is 9.45. The van der Waals surface area contributed by atoms with Gasteiger partial charge in [0.25, 0.3) is 14.4 Å². The fourth-order valence-electron chi connectivity index (χ4n) is 7.00. The molecule has 346 valence electrons. The fourth-order valence-corrected chi connectivity index (χ4v) is 9.79. The molecule has 0 radical (unpaired) electrons. The van der Waals surface area contributed by atoms with Crippen LogP contribution in [0.15, 0.2) is 30.3 Å². The van der Waals surface area contributed by atoms with Crippen molar-refractivity contribution in [2.24, 2.45) is 10.8 Å². The minimum atomic E-state index is -1.94. The number of hydrogen-bond acceptors (Lipinski definition) is 12. The summed E-state index contributed by atoms with van der Waals surface area (Å²) in [6.07, 6.45) is 3.28. The zero-order chi connectivity index (χ0) is 47.5. The third-order valence-corrected chi connectivity index (χ3v) is 13.5. The van der Waals surface area contributed by atoms with E-state index in [1.807, 2.05) is 0 Å².